The molecule has 0 spiro atoms. The number of nitrogens with zero attached hydrogens (tertiary/aromatic N) is 1. The number of aliphatic hydroxyl groups is 1. The van der Waals surface area contributed by atoms with Crippen molar-refractivity contribution in [3.05, 3.63) is 35.4 Å². The Labute approximate surface area is 126 Å². The molecule has 1 saturated carbocycles. The summed E-state index contributed by atoms with van der Waals surface area (Å²) in [6, 6.07) is 7.57. The SMILES string of the molecule is CN(Cc1cccc(C#CCCO)c1)S(=O)(=O)NC1CC1. The Kier molecular flexibility index (Phi) is 5.37. The molecule has 0 bridgehead atoms. The van der Waals surface area contributed by atoms with Crippen LogP contribution in [0.25, 0.3) is 0 Å². The van der Waals surface area contributed by atoms with Crippen molar-refractivity contribution in [2.45, 2.75) is 31.8 Å². The second kappa shape index (κ2) is 7.05. The lowest BCUT2D eigenvalue weighted by Gasteiger charge is -2.17. The van der Waals surface area contributed by atoms with E-state index in [1.807, 2.05) is 24.3 Å². The summed E-state index contributed by atoms with van der Waals surface area (Å²) in [6.45, 7) is 0.345. The summed E-state index contributed by atoms with van der Waals surface area (Å²) in [5.41, 5.74) is 1.70. The molecule has 114 valence electrons. The molecule has 5 nitrogen and oxygen atoms in total. The van der Waals surface area contributed by atoms with Crippen molar-refractivity contribution in [1.29, 1.82) is 0 Å². The van der Waals surface area contributed by atoms with E-state index in [2.05, 4.69) is 16.6 Å². The number of aliphatic hydroxyl groups excluding tert-OH is 1. The molecule has 1 fully saturated rings. The molecule has 1 aromatic carbocycles. The molecule has 0 aromatic heterocycles. The van der Waals surface area contributed by atoms with Crippen LogP contribution in [0.5, 0.6) is 0 Å². The molecule has 0 saturated heterocycles. The van der Waals surface area contributed by atoms with Crippen molar-refractivity contribution in [3.63, 3.8) is 0 Å². The zero-order chi connectivity index (χ0) is 15.3. The Morgan fingerprint density at radius 2 is 2.19 bits per heavy atom. The van der Waals surface area contributed by atoms with Crippen LogP contribution in [0, 0.1) is 11.8 Å². The lowest BCUT2D eigenvalue weighted by atomic mass is 10.1. The molecule has 2 N–H and O–H groups in total. The molecular formula is C15H20N2O3S. The lowest BCUT2D eigenvalue weighted by molar-refractivity contribution is 0.305. The fraction of sp³-hybridized carbons (Fsp3) is 0.467. The van der Waals surface area contributed by atoms with E-state index < -0.39 is 10.2 Å². The van der Waals surface area contributed by atoms with Gasteiger partial charge in [0.2, 0.25) is 0 Å². The maximum Gasteiger partial charge on any atom is 0.279 e. The molecule has 0 radical (unpaired) electrons. The Hall–Kier alpha value is -1.39. The fourth-order valence-electron chi connectivity index (χ4n) is 1.81. The molecule has 1 aliphatic carbocycles. The molecule has 2 rings (SSSR count). The molecule has 6 heteroatoms. The summed E-state index contributed by atoms with van der Waals surface area (Å²) < 4.78 is 28.0. The average molecular weight is 308 g/mol. The van der Waals surface area contributed by atoms with Gasteiger partial charge in [0.25, 0.3) is 10.2 Å². The van der Waals surface area contributed by atoms with Crippen molar-refractivity contribution < 1.29 is 13.5 Å². The van der Waals surface area contributed by atoms with Crippen LogP contribution in [0.2, 0.25) is 0 Å². The highest BCUT2D eigenvalue weighted by Crippen LogP contribution is 2.20. The van der Waals surface area contributed by atoms with Crippen LogP contribution >= 0.6 is 0 Å². The Morgan fingerprint density at radius 1 is 1.43 bits per heavy atom. The van der Waals surface area contributed by atoms with Gasteiger partial charge in [-0.25, -0.2) is 0 Å². The Morgan fingerprint density at radius 3 is 2.86 bits per heavy atom. The first-order valence-corrected chi connectivity index (χ1v) is 8.37. The van der Waals surface area contributed by atoms with E-state index in [9.17, 15) is 8.42 Å². The van der Waals surface area contributed by atoms with Gasteiger partial charge in [0.1, 0.15) is 0 Å². The minimum Gasteiger partial charge on any atom is -0.395 e. The molecule has 1 aromatic rings. The summed E-state index contributed by atoms with van der Waals surface area (Å²) >= 11 is 0. The zero-order valence-electron chi connectivity index (χ0n) is 12.0. The molecule has 0 atom stereocenters. The fourth-order valence-corrected chi connectivity index (χ4v) is 2.97. The number of hydrogen-bond acceptors (Lipinski definition) is 3. The van der Waals surface area contributed by atoms with E-state index >= 15 is 0 Å². The molecule has 0 amide bonds. The number of hydrogen-bond donors (Lipinski definition) is 2. The first kappa shape index (κ1) is 16.0. The van der Waals surface area contributed by atoms with Gasteiger partial charge in [-0.2, -0.15) is 17.4 Å². The van der Waals surface area contributed by atoms with Gasteiger partial charge < -0.3 is 5.11 Å². The zero-order valence-corrected chi connectivity index (χ0v) is 12.9. The Bertz CT molecular complexity index is 642. The largest absolute Gasteiger partial charge is 0.395 e. The molecular weight excluding hydrogens is 288 g/mol. The average Bonchev–Trinajstić information content (AvgIpc) is 3.23. The van der Waals surface area contributed by atoms with Crippen LogP contribution < -0.4 is 4.72 Å². The number of benzene rings is 1. The number of rotatable bonds is 6. The van der Waals surface area contributed by atoms with Gasteiger partial charge in [-0.3, -0.25) is 0 Å². The summed E-state index contributed by atoms with van der Waals surface area (Å²) in [7, 11) is -1.85. The highest BCUT2D eigenvalue weighted by atomic mass is 32.2. The van der Waals surface area contributed by atoms with Gasteiger partial charge in [-0.15, -0.1) is 0 Å². The van der Waals surface area contributed by atoms with Gasteiger partial charge in [-0.05, 0) is 30.5 Å². The summed E-state index contributed by atoms with van der Waals surface area (Å²) in [6.07, 6.45) is 2.27. The normalized spacial score (nSPS) is 14.8. The highest BCUT2D eigenvalue weighted by molar-refractivity contribution is 7.87. The second-order valence-corrected chi connectivity index (χ2v) is 6.94. The van der Waals surface area contributed by atoms with Crippen molar-refractivity contribution in [2.75, 3.05) is 13.7 Å². The summed E-state index contributed by atoms with van der Waals surface area (Å²) in [4.78, 5) is 0. The third kappa shape index (κ3) is 5.14. The third-order valence-corrected chi connectivity index (χ3v) is 4.69. The molecule has 0 heterocycles. The smallest absolute Gasteiger partial charge is 0.279 e. The Balaban J connectivity index is 2.02. The van der Waals surface area contributed by atoms with Crippen molar-refractivity contribution in [3.8, 4) is 11.8 Å². The number of nitrogens with one attached hydrogen (secondary N) is 1. The first-order valence-electron chi connectivity index (χ1n) is 6.93. The topological polar surface area (TPSA) is 69.6 Å². The van der Waals surface area contributed by atoms with Crippen LogP contribution in [-0.2, 0) is 16.8 Å². The van der Waals surface area contributed by atoms with Gasteiger partial charge in [0.15, 0.2) is 0 Å². The molecule has 1 aliphatic rings. The van der Waals surface area contributed by atoms with Gasteiger partial charge in [-0.1, -0.05) is 24.0 Å². The van der Waals surface area contributed by atoms with Crippen LogP contribution in [-0.4, -0.2) is 37.5 Å². The summed E-state index contributed by atoms with van der Waals surface area (Å²) in [5.74, 6) is 5.80. The minimum absolute atomic E-state index is 0.0422. The van der Waals surface area contributed by atoms with E-state index in [4.69, 9.17) is 5.11 Å². The van der Waals surface area contributed by atoms with Gasteiger partial charge in [0.05, 0.1) is 6.61 Å². The van der Waals surface area contributed by atoms with E-state index in [1.54, 1.807) is 7.05 Å². The second-order valence-electron chi connectivity index (χ2n) is 5.13. The van der Waals surface area contributed by atoms with E-state index in [0.717, 1.165) is 24.0 Å². The first-order chi connectivity index (χ1) is 10.0. The van der Waals surface area contributed by atoms with E-state index in [0.29, 0.717) is 13.0 Å². The maximum atomic E-state index is 12.0. The molecule has 21 heavy (non-hydrogen) atoms. The minimum atomic E-state index is -3.41. The standard InChI is InChI=1S/C15H20N2O3S/c1-17(21(19,20)16-15-8-9-15)12-14-7-4-6-13(11-14)5-2-3-10-18/h4,6-7,11,15-16,18H,3,8-10,12H2,1H3. The van der Waals surface area contributed by atoms with Crippen molar-refractivity contribution in [2.24, 2.45) is 0 Å². The van der Waals surface area contributed by atoms with E-state index in [1.165, 1.54) is 4.31 Å². The van der Waals surface area contributed by atoms with Crippen LogP contribution in [0.4, 0.5) is 0 Å². The van der Waals surface area contributed by atoms with Gasteiger partial charge in [0, 0.05) is 31.6 Å². The van der Waals surface area contributed by atoms with Crippen LogP contribution in [0.3, 0.4) is 0 Å². The predicted molar refractivity (Wildman–Crippen MR) is 81.6 cm³/mol. The molecule has 0 unspecified atom stereocenters. The molecule has 0 aliphatic heterocycles. The summed E-state index contributed by atoms with van der Waals surface area (Å²) in [5, 5.41) is 8.70. The van der Waals surface area contributed by atoms with Crippen LogP contribution in [0.15, 0.2) is 24.3 Å². The highest BCUT2D eigenvalue weighted by Gasteiger charge is 2.29. The van der Waals surface area contributed by atoms with Crippen molar-refractivity contribution in [1.82, 2.24) is 9.03 Å². The van der Waals surface area contributed by atoms with Crippen molar-refractivity contribution >= 4 is 10.2 Å². The maximum absolute atomic E-state index is 12.0. The monoisotopic (exact) mass is 308 g/mol. The quantitative estimate of drug-likeness (QED) is 0.766. The van der Waals surface area contributed by atoms with Crippen LogP contribution in [0.1, 0.15) is 30.4 Å². The van der Waals surface area contributed by atoms with E-state index in [-0.39, 0.29) is 12.6 Å². The third-order valence-electron chi connectivity index (χ3n) is 3.11. The van der Waals surface area contributed by atoms with Gasteiger partial charge >= 0.3 is 0 Å². The lowest BCUT2D eigenvalue weighted by Crippen LogP contribution is -2.38. The predicted octanol–water partition coefficient (Wildman–Crippen LogP) is 0.849.